The third-order valence-corrected chi connectivity index (χ3v) is 4.41. The standard InChI is InChI=1S/C22H16ClN3O/c23-18-9-6-10-19(13-18)26-15-17(14-24-26)22(27)25-21-12-5-4-11-20(21)16-7-2-1-3-8-16/h1-15H,(H,25,27). The van der Waals surface area contributed by atoms with Crippen LogP contribution in [0.2, 0.25) is 5.02 Å². The van der Waals surface area contributed by atoms with Gasteiger partial charge in [0.1, 0.15) is 0 Å². The lowest BCUT2D eigenvalue weighted by Gasteiger charge is -2.10. The van der Waals surface area contributed by atoms with Crippen LogP contribution >= 0.6 is 11.6 Å². The zero-order valence-electron chi connectivity index (χ0n) is 14.3. The molecule has 0 atom stereocenters. The molecule has 0 aliphatic carbocycles. The first-order valence-corrected chi connectivity index (χ1v) is 8.85. The maximum absolute atomic E-state index is 12.7. The van der Waals surface area contributed by atoms with Gasteiger partial charge < -0.3 is 5.32 Å². The van der Waals surface area contributed by atoms with E-state index in [9.17, 15) is 4.79 Å². The van der Waals surface area contributed by atoms with Gasteiger partial charge in [0.05, 0.1) is 17.4 Å². The molecule has 1 N–H and O–H groups in total. The Kier molecular flexibility index (Phi) is 4.73. The van der Waals surface area contributed by atoms with Crippen molar-refractivity contribution in [3.05, 3.63) is 102 Å². The van der Waals surface area contributed by atoms with E-state index < -0.39 is 0 Å². The van der Waals surface area contributed by atoms with Gasteiger partial charge in [0.15, 0.2) is 0 Å². The Balaban J connectivity index is 1.59. The van der Waals surface area contributed by atoms with Crippen LogP contribution < -0.4 is 5.32 Å². The van der Waals surface area contributed by atoms with Crippen molar-refractivity contribution in [3.63, 3.8) is 0 Å². The smallest absolute Gasteiger partial charge is 0.258 e. The van der Waals surface area contributed by atoms with Gasteiger partial charge in [-0.25, -0.2) is 4.68 Å². The number of benzene rings is 3. The summed E-state index contributed by atoms with van der Waals surface area (Å²) in [5, 5.41) is 7.87. The molecule has 0 aliphatic rings. The van der Waals surface area contributed by atoms with E-state index in [1.807, 2.05) is 66.7 Å². The summed E-state index contributed by atoms with van der Waals surface area (Å²) in [4.78, 5) is 12.7. The van der Waals surface area contributed by atoms with Crippen LogP contribution in [0, 0.1) is 0 Å². The Labute approximate surface area is 162 Å². The second kappa shape index (κ2) is 7.48. The summed E-state index contributed by atoms with van der Waals surface area (Å²) in [6, 6.07) is 25.0. The molecule has 1 heterocycles. The van der Waals surface area contributed by atoms with Crippen LogP contribution in [0.15, 0.2) is 91.3 Å². The first kappa shape index (κ1) is 17.1. The number of hydrogen-bond donors (Lipinski definition) is 1. The lowest BCUT2D eigenvalue weighted by Crippen LogP contribution is -2.11. The molecule has 0 bridgehead atoms. The predicted octanol–water partition coefficient (Wildman–Crippen LogP) is 5.45. The Bertz CT molecular complexity index is 1090. The fraction of sp³-hybridized carbons (Fsp3) is 0. The summed E-state index contributed by atoms with van der Waals surface area (Å²) in [6.07, 6.45) is 3.23. The van der Waals surface area contributed by atoms with Crippen molar-refractivity contribution in [2.24, 2.45) is 0 Å². The highest BCUT2D eigenvalue weighted by Gasteiger charge is 2.12. The summed E-state index contributed by atoms with van der Waals surface area (Å²) in [6.45, 7) is 0. The Hall–Kier alpha value is -3.37. The number of carbonyl (C=O) groups excluding carboxylic acids is 1. The molecule has 0 unspecified atom stereocenters. The molecular weight excluding hydrogens is 358 g/mol. The van der Waals surface area contributed by atoms with Gasteiger partial charge in [0.25, 0.3) is 5.91 Å². The molecule has 4 aromatic rings. The molecule has 0 aliphatic heterocycles. The van der Waals surface area contributed by atoms with Crippen molar-refractivity contribution in [1.29, 1.82) is 0 Å². The number of rotatable bonds is 4. The number of halogens is 1. The second-order valence-electron chi connectivity index (χ2n) is 6.02. The Morgan fingerprint density at radius 1 is 0.926 bits per heavy atom. The number of nitrogens with zero attached hydrogens (tertiary/aromatic N) is 2. The van der Waals surface area contributed by atoms with Gasteiger partial charge in [0, 0.05) is 22.5 Å². The topological polar surface area (TPSA) is 46.9 Å². The van der Waals surface area contributed by atoms with Gasteiger partial charge in [-0.05, 0) is 29.8 Å². The van der Waals surface area contributed by atoms with E-state index in [-0.39, 0.29) is 5.91 Å². The molecule has 1 aromatic heterocycles. The van der Waals surface area contributed by atoms with Crippen LogP contribution in [-0.4, -0.2) is 15.7 Å². The van der Waals surface area contributed by atoms with Crippen molar-refractivity contribution in [2.45, 2.75) is 0 Å². The highest BCUT2D eigenvalue weighted by atomic mass is 35.5. The first-order valence-electron chi connectivity index (χ1n) is 8.47. The molecule has 5 heteroatoms. The van der Waals surface area contributed by atoms with Crippen LogP contribution in [0.3, 0.4) is 0 Å². The third kappa shape index (κ3) is 3.76. The van der Waals surface area contributed by atoms with E-state index in [4.69, 9.17) is 11.6 Å². The summed E-state index contributed by atoms with van der Waals surface area (Å²) >= 11 is 6.03. The molecular formula is C22H16ClN3O. The molecule has 4 rings (SSSR count). The average Bonchev–Trinajstić information content (AvgIpc) is 3.20. The molecule has 0 saturated carbocycles. The van der Waals surface area contributed by atoms with Crippen LogP contribution in [-0.2, 0) is 0 Å². The van der Waals surface area contributed by atoms with Crippen molar-refractivity contribution in [2.75, 3.05) is 5.32 Å². The minimum Gasteiger partial charge on any atom is -0.321 e. The highest BCUT2D eigenvalue weighted by Crippen LogP contribution is 2.28. The van der Waals surface area contributed by atoms with Gasteiger partial charge in [-0.1, -0.05) is 66.2 Å². The number of nitrogens with one attached hydrogen (secondary N) is 1. The molecule has 4 nitrogen and oxygen atoms in total. The molecule has 0 fully saturated rings. The van der Waals surface area contributed by atoms with Crippen molar-refractivity contribution in [1.82, 2.24) is 9.78 Å². The van der Waals surface area contributed by atoms with E-state index in [1.54, 1.807) is 29.2 Å². The van der Waals surface area contributed by atoms with Crippen molar-refractivity contribution in [3.8, 4) is 16.8 Å². The molecule has 0 spiro atoms. The minimum absolute atomic E-state index is 0.216. The second-order valence-corrected chi connectivity index (χ2v) is 6.46. The molecule has 132 valence electrons. The number of hydrogen-bond acceptors (Lipinski definition) is 2. The van der Waals surface area contributed by atoms with Crippen LogP contribution in [0.5, 0.6) is 0 Å². The quantitative estimate of drug-likeness (QED) is 0.517. The molecule has 0 saturated heterocycles. The number of para-hydroxylation sites is 1. The molecule has 0 radical (unpaired) electrons. The summed E-state index contributed by atoms with van der Waals surface area (Å²) in [7, 11) is 0. The fourth-order valence-electron chi connectivity index (χ4n) is 2.86. The zero-order chi connectivity index (χ0) is 18.6. The van der Waals surface area contributed by atoms with E-state index in [0.717, 1.165) is 22.5 Å². The maximum Gasteiger partial charge on any atom is 0.258 e. The monoisotopic (exact) mass is 373 g/mol. The van der Waals surface area contributed by atoms with E-state index >= 15 is 0 Å². The minimum atomic E-state index is -0.216. The van der Waals surface area contributed by atoms with Gasteiger partial charge in [-0.3, -0.25) is 4.79 Å². The molecule has 27 heavy (non-hydrogen) atoms. The molecule has 1 amide bonds. The Morgan fingerprint density at radius 3 is 2.52 bits per heavy atom. The predicted molar refractivity (Wildman–Crippen MR) is 108 cm³/mol. The molecule has 3 aromatic carbocycles. The summed E-state index contributed by atoms with van der Waals surface area (Å²) < 4.78 is 1.63. The lowest BCUT2D eigenvalue weighted by molar-refractivity contribution is 0.102. The van der Waals surface area contributed by atoms with Crippen molar-refractivity contribution < 1.29 is 4.79 Å². The maximum atomic E-state index is 12.7. The van der Waals surface area contributed by atoms with E-state index in [2.05, 4.69) is 10.4 Å². The lowest BCUT2D eigenvalue weighted by atomic mass is 10.0. The summed E-state index contributed by atoms with van der Waals surface area (Å²) in [5.74, 6) is -0.216. The summed E-state index contributed by atoms with van der Waals surface area (Å²) in [5.41, 5.74) is 4.03. The highest BCUT2D eigenvalue weighted by molar-refractivity contribution is 6.30. The first-order chi connectivity index (χ1) is 13.2. The third-order valence-electron chi connectivity index (χ3n) is 4.18. The van der Waals surface area contributed by atoms with E-state index in [1.165, 1.54) is 0 Å². The number of amides is 1. The average molecular weight is 374 g/mol. The Morgan fingerprint density at radius 2 is 1.70 bits per heavy atom. The van der Waals surface area contributed by atoms with E-state index in [0.29, 0.717) is 10.6 Å². The van der Waals surface area contributed by atoms with Gasteiger partial charge >= 0.3 is 0 Å². The zero-order valence-corrected chi connectivity index (χ0v) is 15.1. The fourth-order valence-corrected chi connectivity index (χ4v) is 3.04. The van der Waals surface area contributed by atoms with Gasteiger partial charge in [-0.15, -0.1) is 0 Å². The SMILES string of the molecule is O=C(Nc1ccccc1-c1ccccc1)c1cnn(-c2cccc(Cl)c2)c1. The van der Waals surface area contributed by atoms with Crippen LogP contribution in [0.25, 0.3) is 16.8 Å². The van der Waals surface area contributed by atoms with Gasteiger partial charge in [0.2, 0.25) is 0 Å². The number of anilines is 1. The normalized spacial score (nSPS) is 10.6. The number of aromatic nitrogens is 2. The van der Waals surface area contributed by atoms with Crippen LogP contribution in [0.1, 0.15) is 10.4 Å². The van der Waals surface area contributed by atoms with Gasteiger partial charge in [-0.2, -0.15) is 5.10 Å². The van der Waals surface area contributed by atoms with Crippen LogP contribution in [0.4, 0.5) is 5.69 Å². The van der Waals surface area contributed by atoms with Crippen molar-refractivity contribution >= 4 is 23.2 Å². The largest absolute Gasteiger partial charge is 0.321 e. The number of carbonyl (C=O) groups is 1.